The number of likely N-dealkylation sites (tertiary alicyclic amines) is 1. The molecular weight excluding hydrogens is 312 g/mol. The molecule has 2 heterocycles. The summed E-state index contributed by atoms with van der Waals surface area (Å²) in [5.41, 5.74) is 0.678. The first kappa shape index (κ1) is 16.0. The number of benzene rings is 1. The van der Waals surface area contributed by atoms with Crippen LogP contribution in [0.25, 0.3) is 0 Å². The number of nitrogens with zero attached hydrogens (tertiary/aromatic N) is 2. The van der Waals surface area contributed by atoms with Crippen molar-refractivity contribution in [1.82, 2.24) is 9.88 Å². The van der Waals surface area contributed by atoms with Crippen molar-refractivity contribution >= 4 is 17.5 Å². The molecule has 1 saturated heterocycles. The smallest absolute Gasteiger partial charge is 0.253 e. The maximum absolute atomic E-state index is 12.5. The van der Waals surface area contributed by atoms with Crippen LogP contribution >= 0.6 is 11.6 Å². The van der Waals surface area contributed by atoms with E-state index in [1.165, 1.54) is 0 Å². The standard InChI is InChI=1S/C18H19ClN2O2/c19-15-5-3-4-14(12-15)17(22)21-10-7-18(23,8-11-21)13-16-6-1-2-9-20-16/h1-6,9,12,23H,7-8,10-11,13H2. The third-order valence-electron chi connectivity index (χ3n) is 4.29. The molecule has 0 atom stereocenters. The van der Waals surface area contributed by atoms with E-state index < -0.39 is 5.60 Å². The van der Waals surface area contributed by atoms with Crippen molar-refractivity contribution < 1.29 is 9.90 Å². The first-order valence-electron chi connectivity index (χ1n) is 7.73. The lowest BCUT2D eigenvalue weighted by Gasteiger charge is -2.38. The van der Waals surface area contributed by atoms with E-state index in [1.807, 2.05) is 18.2 Å². The predicted molar refractivity (Wildman–Crippen MR) is 89.5 cm³/mol. The summed E-state index contributed by atoms with van der Waals surface area (Å²) in [5, 5.41) is 11.3. The highest BCUT2D eigenvalue weighted by atomic mass is 35.5. The van der Waals surface area contributed by atoms with E-state index in [-0.39, 0.29) is 5.91 Å². The van der Waals surface area contributed by atoms with Crippen molar-refractivity contribution in [2.24, 2.45) is 0 Å². The van der Waals surface area contributed by atoms with Gasteiger partial charge < -0.3 is 10.0 Å². The van der Waals surface area contributed by atoms with Crippen LogP contribution in [0.15, 0.2) is 48.7 Å². The van der Waals surface area contributed by atoms with Gasteiger partial charge in [-0.3, -0.25) is 9.78 Å². The van der Waals surface area contributed by atoms with Crippen molar-refractivity contribution in [1.29, 1.82) is 0 Å². The van der Waals surface area contributed by atoms with Crippen molar-refractivity contribution in [3.63, 3.8) is 0 Å². The lowest BCUT2D eigenvalue weighted by Crippen LogP contribution is -2.47. The lowest BCUT2D eigenvalue weighted by atomic mass is 9.86. The first-order chi connectivity index (χ1) is 11.1. The highest BCUT2D eigenvalue weighted by Gasteiger charge is 2.34. The van der Waals surface area contributed by atoms with Gasteiger partial charge in [0.25, 0.3) is 5.91 Å². The highest BCUT2D eigenvalue weighted by Crippen LogP contribution is 2.27. The third kappa shape index (κ3) is 3.89. The Kier molecular flexibility index (Phi) is 4.64. The van der Waals surface area contributed by atoms with Gasteiger partial charge in [0, 0.05) is 42.0 Å². The van der Waals surface area contributed by atoms with Gasteiger partial charge in [0.15, 0.2) is 0 Å². The van der Waals surface area contributed by atoms with Crippen molar-refractivity contribution in [2.45, 2.75) is 24.9 Å². The zero-order chi connectivity index (χ0) is 16.3. The Labute approximate surface area is 140 Å². The number of amides is 1. The Morgan fingerprint density at radius 3 is 2.65 bits per heavy atom. The van der Waals surface area contributed by atoms with Crippen LogP contribution in [0.4, 0.5) is 0 Å². The number of carbonyl (C=O) groups is 1. The fourth-order valence-corrected chi connectivity index (χ4v) is 3.14. The van der Waals surface area contributed by atoms with Gasteiger partial charge in [-0.2, -0.15) is 0 Å². The molecule has 1 aliphatic rings. The number of hydrogen-bond donors (Lipinski definition) is 1. The summed E-state index contributed by atoms with van der Waals surface area (Å²) in [6, 6.07) is 12.7. The van der Waals surface area contributed by atoms with Crippen LogP contribution in [0.1, 0.15) is 28.9 Å². The van der Waals surface area contributed by atoms with Crippen LogP contribution in [-0.4, -0.2) is 39.6 Å². The summed E-state index contributed by atoms with van der Waals surface area (Å²) in [6.45, 7) is 1.07. The van der Waals surface area contributed by atoms with E-state index in [0.717, 1.165) is 5.69 Å². The topological polar surface area (TPSA) is 53.4 Å². The summed E-state index contributed by atoms with van der Waals surface area (Å²) in [6.07, 6.45) is 3.36. The molecule has 1 N–H and O–H groups in total. The van der Waals surface area contributed by atoms with Crippen LogP contribution in [-0.2, 0) is 6.42 Å². The molecule has 1 fully saturated rings. The lowest BCUT2D eigenvalue weighted by molar-refractivity contribution is -0.0168. The summed E-state index contributed by atoms with van der Waals surface area (Å²) in [7, 11) is 0. The summed E-state index contributed by atoms with van der Waals surface area (Å²) in [4.78, 5) is 18.5. The molecule has 0 bridgehead atoms. The molecule has 1 aromatic carbocycles. The monoisotopic (exact) mass is 330 g/mol. The van der Waals surface area contributed by atoms with Crippen molar-refractivity contribution in [3.05, 3.63) is 64.9 Å². The van der Waals surface area contributed by atoms with E-state index >= 15 is 0 Å². The maximum Gasteiger partial charge on any atom is 0.253 e. The second-order valence-corrected chi connectivity index (χ2v) is 6.46. The van der Waals surface area contributed by atoms with Gasteiger partial charge in [0.05, 0.1) is 5.60 Å². The number of carbonyl (C=O) groups excluding carboxylic acids is 1. The number of pyridine rings is 1. The summed E-state index contributed by atoms with van der Waals surface area (Å²) < 4.78 is 0. The molecule has 1 aromatic heterocycles. The number of aromatic nitrogens is 1. The minimum absolute atomic E-state index is 0.0348. The van der Waals surface area contributed by atoms with E-state index in [4.69, 9.17) is 11.6 Å². The Bertz CT molecular complexity index is 682. The van der Waals surface area contributed by atoms with Crippen molar-refractivity contribution in [2.75, 3.05) is 13.1 Å². The summed E-state index contributed by atoms with van der Waals surface area (Å²) >= 11 is 5.95. The number of aliphatic hydroxyl groups is 1. The van der Waals surface area contributed by atoms with Crippen LogP contribution in [0.5, 0.6) is 0 Å². The second kappa shape index (κ2) is 6.69. The van der Waals surface area contributed by atoms with E-state index in [1.54, 1.807) is 35.4 Å². The Morgan fingerprint density at radius 2 is 2.00 bits per heavy atom. The molecule has 23 heavy (non-hydrogen) atoms. The third-order valence-corrected chi connectivity index (χ3v) is 4.52. The Hall–Kier alpha value is -1.91. The highest BCUT2D eigenvalue weighted by molar-refractivity contribution is 6.30. The van der Waals surface area contributed by atoms with E-state index in [9.17, 15) is 9.90 Å². The first-order valence-corrected chi connectivity index (χ1v) is 8.11. The van der Waals surface area contributed by atoms with E-state index in [2.05, 4.69) is 4.98 Å². The molecule has 5 heteroatoms. The summed E-state index contributed by atoms with van der Waals surface area (Å²) in [5.74, 6) is -0.0348. The van der Waals surface area contributed by atoms with Gasteiger partial charge in [0.2, 0.25) is 0 Å². The van der Waals surface area contributed by atoms with Crippen LogP contribution in [0.3, 0.4) is 0 Å². The molecule has 3 rings (SSSR count). The zero-order valence-corrected chi connectivity index (χ0v) is 13.5. The maximum atomic E-state index is 12.5. The number of hydrogen-bond acceptors (Lipinski definition) is 3. The molecule has 120 valence electrons. The molecule has 2 aromatic rings. The SMILES string of the molecule is O=C(c1cccc(Cl)c1)N1CCC(O)(Cc2ccccn2)CC1. The minimum Gasteiger partial charge on any atom is -0.389 e. The van der Waals surface area contributed by atoms with Gasteiger partial charge in [0.1, 0.15) is 0 Å². The number of halogens is 1. The average Bonchev–Trinajstić information content (AvgIpc) is 2.55. The van der Waals surface area contributed by atoms with Crippen molar-refractivity contribution in [3.8, 4) is 0 Å². The number of rotatable bonds is 3. The molecule has 0 unspecified atom stereocenters. The Morgan fingerprint density at radius 1 is 1.22 bits per heavy atom. The molecular formula is C18H19ClN2O2. The van der Waals surface area contributed by atoms with Crippen LogP contribution in [0, 0.1) is 0 Å². The van der Waals surface area contributed by atoms with Gasteiger partial charge in [-0.05, 0) is 43.2 Å². The van der Waals surface area contributed by atoms with Gasteiger partial charge in [-0.15, -0.1) is 0 Å². The second-order valence-electron chi connectivity index (χ2n) is 6.02. The minimum atomic E-state index is -0.792. The van der Waals surface area contributed by atoms with E-state index in [0.29, 0.717) is 42.9 Å². The number of piperidine rings is 1. The van der Waals surface area contributed by atoms with Gasteiger partial charge in [-0.1, -0.05) is 23.7 Å². The molecule has 1 aliphatic heterocycles. The fourth-order valence-electron chi connectivity index (χ4n) is 2.95. The quantitative estimate of drug-likeness (QED) is 0.941. The largest absolute Gasteiger partial charge is 0.389 e. The molecule has 0 saturated carbocycles. The predicted octanol–water partition coefficient (Wildman–Crippen LogP) is 2.94. The molecule has 0 aliphatic carbocycles. The fraction of sp³-hybridized carbons (Fsp3) is 0.333. The normalized spacial score (nSPS) is 17.0. The van der Waals surface area contributed by atoms with Gasteiger partial charge >= 0.3 is 0 Å². The Balaban J connectivity index is 1.62. The average molecular weight is 331 g/mol. The van der Waals surface area contributed by atoms with Crippen LogP contribution in [0.2, 0.25) is 5.02 Å². The molecule has 4 nitrogen and oxygen atoms in total. The molecule has 0 spiro atoms. The molecule has 1 amide bonds. The zero-order valence-electron chi connectivity index (χ0n) is 12.8. The van der Waals surface area contributed by atoms with Gasteiger partial charge in [-0.25, -0.2) is 0 Å². The molecule has 0 radical (unpaired) electrons. The van der Waals surface area contributed by atoms with Crippen LogP contribution < -0.4 is 0 Å².